The molecule has 4 nitrogen and oxygen atoms in total. The van der Waals surface area contributed by atoms with E-state index >= 15 is 0 Å². The average Bonchev–Trinajstić information content (AvgIpc) is 2.77. The molecule has 0 spiro atoms. The average molecular weight is 251 g/mol. The molecular formula is C14H25N3O. The van der Waals surface area contributed by atoms with E-state index in [1.807, 2.05) is 17.1 Å². The van der Waals surface area contributed by atoms with Gasteiger partial charge in [-0.25, -0.2) is 0 Å². The molecule has 102 valence electrons. The molecule has 1 aromatic heterocycles. The van der Waals surface area contributed by atoms with E-state index in [4.69, 9.17) is 10.5 Å². The van der Waals surface area contributed by atoms with Crippen LogP contribution in [-0.4, -0.2) is 22.4 Å². The summed E-state index contributed by atoms with van der Waals surface area (Å²) in [6, 6.07) is 0.420. The number of hydrogen-bond acceptors (Lipinski definition) is 3. The predicted octanol–water partition coefficient (Wildman–Crippen LogP) is 2.44. The summed E-state index contributed by atoms with van der Waals surface area (Å²) in [6.45, 7) is 6.05. The van der Waals surface area contributed by atoms with Crippen molar-refractivity contribution in [2.45, 2.75) is 52.1 Å². The van der Waals surface area contributed by atoms with Gasteiger partial charge in [0.1, 0.15) is 0 Å². The standard InChI is InChI=1S/C14H25N3O/c1-11(2)10-18-14-7-16-17(9-14)8-12-3-5-13(15)6-4-12/h7,9,11-13H,3-6,8,10,15H2,1-2H3. The highest BCUT2D eigenvalue weighted by atomic mass is 16.5. The zero-order chi connectivity index (χ0) is 13.0. The lowest BCUT2D eigenvalue weighted by atomic mass is 9.86. The van der Waals surface area contributed by atoms with Crippen LogP contribution in [0.5, 0.6) is 5.75 Å². The topological polar surface area (TPSA) is 53.1 Å². The molecule has 0 saturated heterocycles. The first-order valence-corrected chi connectivity index (χ1v) is 7.04. The minimum Gasteiger partial charge on any atom is -0.490 e. The van der Waals surface area contributed by atoms with Crippen LogP contribution in [0.4, 0.5) is 0 Å². The molecule has 1 heterocycles. The fraction of sp³-hybridized carbons (Fsp3) is 0.786. The predicted molar refractivity (Wildman–Crippen MR) is 72.5 cm³/mol. The van der Waals surface area contributed by atoms with Crippen LogP contribution in [0.2, 0.25) is 0 Å². The van der Waals surface area contributed by atoms with Gasteiger partial charge in [-0.15, -0.1) is 0 Å². The molecule has 1 aliphatic rings. The molecule has 0 unspecified atom stereocenters. The Morgan fingerprint density at radius 2 is 2.11 bits per heavy atom. The Balaban J connectivity index is 1.79. The maximum Gasteiger partial charge on any atom is 0.157 e. The van der Waals surface area contributed by atoms with Gasteiger partial charge in [0.15, 0.2) is 5.75 Å². The van der Waals surface area contributed by atoms with E-state index < -0.39 is 0 Å². The monoisotopic (exact) mass is 251 g/mol. The van der Waals surface area contributed by atoms with Gasteiger partial charge >= 0.3 is 0 Å². The SMILES string of the molecule is CC(C)COc1cnn(CC2CCC(N)CC2)c1. The Kier molecular flexibility index (Phi) is 4.64. The Hall–Kier alpha value is -1.03. The van der Waals surface area contributed by atoms with E-state index in [0.717, 1.165) is 37.7 Å². The van der Waals surface area contributed by atoms with Crippen molar-refractivity contribution in [3.63, 3.8) is 0 Å². The van der Waals surface area contributed by atoms with Crippen molar-refractivity contribution in [2.75, 3.05) is 6.61 Å². The highest BCUT2D eigenvalue weighted by Crippen LogP contribution is 2.24. The van der Waals surface area contributed by atoms with E-state index in [9.17, 15) is 0 Å². The van der Waals surface area contributed by atoms with Gasteiger partial charge in [-0.3, -0.25) is 4.68 Å². The summed E-state index contributed by atoms with van der Waals surface area (Å²) >= 11 is 0. The van der Waals surface area contributed by atoms with E-state index in [1.54, 1.807) is 0 Å². The Morgan fingerprint density at radius 3 is 2.78 bits per heavy atom. The molecule has 1 aliphatic carbocycles. The van der Waals surface area contributed by atoms with Crippen LogP contribution in [0.3, 0.4) is 0 Å². The molecule has 0 bridgehead atoms. The molecule has 1 saturated carbocycles. The molecule has 2 N–H and O–H groups in total. The Morgan fingerprint density at radius 1 is 1.39 bits per heavy atom. The molecule has 0 atom stereocenters. The molecule has 0 aromatic carbocycles. The number of nitrogens with zero attached hydrogens (tertiary/aromatic N) is 2. The highest BCUT2D eigenvalue weighted by Gasteiger charge is 2.19. The summed E-state index contributed by atoms with van der Waals surface area (Å²) in [6.07, 6.45) is 8.59. The smallest absolute Gasteiger partial charge is 0.157 e. The van der Waals surface area contributed by atoms with Crippen LogP contribution in [0.1, 0.15) is 39.5 Å². The van der Waals surface area contributed by atoms with Crippen molar-refractivity contribution in [2.24, 2.45) is 17.6 Å². The second kappa shape index (κ2) is 6.23. The second-order valence-corrected chi connectivity index (χ2v) is 5.88. The lowest BCUT2D eigenvalue weighted by molar-refractivity contribution is 0.268. The number of nitrogens with two attached hydrogens (primary N) is 1. The van der Waals surface area contributed by atoms with Gasteiger partial charge in [0.05, 0.1) is 19.0 Å². The number of rotatable bonds is 5. The number of hydrogen-bond donors (Lipinski definition) is 1. The van der Waals surface area contributed by atoms with Gasteiger partial charge < -0.3 is 10.5 Å². The third-order valence-corrected chi connectivity index (χ3v) is 3.53. The molecule has 0 aliphatic heterocycles. The minimum atomic E-state index is 0.420. The molecule has 0 amide bonds. The first-order valence-electron chi connectivity index (χ1n) is 7.04. The lowest BCUT2D eigenvalue weighted by Gasteiger charge is -2.25. The number of aromatic nitrogens is 2. The molecule has 2 rings (SSSR count). The van der Waals surface area contributed by atoms with Crippen molar-refractivity contribution in [1.29, 1.82) is 0 Å². The van der Waals surface area contributed by atoms with Gasteiger partial charge in [0.2, 0.25) is 0 Å². The number of ether oxygens (including phenoxy) is 1. The van der Waals surface area contributed by atoms with Crippen molar-refractivity contribution in [3.05, 3.63) is 12.4 Å². The maximum absolute atomic E-state index is 5.92. The normalized spacial score (nSPS) is 24.4. The van der Waals surface area contributed by atoms with Gasteiger partial charge in [0, 0.05) is 12.6 Å². The Bertz CT molecular complexity index is 354. The van der Waals surface area contributed by atoms with Crippen LogP contribution in [-0.2, 0) is 6.54 Å². The zero-order valence-electron chi connectivity index (χ0n) is 11.5. The summed E-state index contributed by atoms with van der Waals surface area (Å²) in [5, 5.41) is 4.37. The quantitative estimate of drug-likeness (QED) is 0.874. The van der Waals surface area contributed by atoms with Gasteiger partial charge in [-0.2, -0.15) is 5.10 Å². The molecule has 1 aromatic rings. The first-order chi connectivity index (χ1) is 8.63. The van der Waals surface area contributed by atoms with Gasteiger partial charge in [0.25, 0.3) is 0 Å². The van der Waals surface area contributed by atoms with Gasteiger partial charge in [-0.05, 0) is 37.5 Å². The van der Waals surface area contributed by atoms with Crippen LogP contribution in [0, 0.1) is 11.8 Å². The van der Waals surface area contributed by atoms with Crippen molar-refractivity contribution in [1.82, 2.24) is 9.78 Å². The molecule has 0 radical (unpaired) electrons. The fourth-order valence-electron chi connectivity index (χ4n) is 2.42. The highest BCUT2D eigenvalue weighted by molar-refractivity contribution is 5.11. The van der Waals surface area contributed by atoms with Crippen LogP contribution >= 0.6 is 0 Å². The summed E-state index contributed by atoms with van der Waals surface area (Å²) in [5.74, 6) is 2.16. The third kappa shape index (κ3) is 4.02. The van der Waals surface area contributed by atoms with E-state index in [-0.39, 0.29) is 0 Å². The molecule has 18 heavy (non-hydrogen) atoms. The first kappa shape index (κ1) is 13.4. The molecule has 1 fully saturated rings. The van der Waals surface area contributed by atoms with Crippen LogP contribution in [0.15, 0.2) is 12.4 Å². The van der Waals surface area contributed by atoms with E-state index in [1.165, 1.54) is 12.8 Å². The van der Waals surface area contributed by atoms with Crippen molar-refractivity contribution < 1.29 is 4.74 Å². The summed E-state index contributed by atoms with van der Waals surface area (Å²) in [5.41, 5.74) is 5.92. The van der Waals surface area contributed by atoms with Crippen LogP contribution < -0.4 is 10.5 Å². The van der Waals surface area contributed by atoms with E-state index in [0.29, 0.717) is 12.0 Å². The lowest BCUT2D eigenvalue weighted by Crippen LogP contribution is -2.28. The zero-order valence-corrected chi connectivity index (χ0v) is 11.5. The summed E-state index contributed by atoms with van der Waals surface area (Å²) in [4.78, 5) is 0. The Labute approximate surface area is 110 Å². The fourth-order valence-corrected chi connectivity index (χ4v) is 2.42. The molecule has 4 heteroatoms. The molecular weight excluding hydrogens is 226 g/mol. The van der Waals surface area contributed by atoms with Gasteiger partial charge in [-0.1, -0.05) is 13.8 Å². The van der Waals surface area contributed by atoms with Crippen LogP contribution in [0.25, 0.3) is 0 Å². The minimum absolute atomic E-state index is 0.420. The summed E-state index contributed by atoms with van der Waals surface area (Å²) in [7, 11) is 0. The maximum atomic E-state index is 5.92. The second-order valence-electron chi connectivity index (χ2n) is 5.88. The third-order valence-electron chi connectivity index (χ3n) is 3.53. The van der Waals surface area contributed by atoms with E-state index in [2.05, 4.69) is 18.9 Å². The summed E-state index contributed by atoms with van der Waals surface area (Å²) < 4.78 is 7.66. The largest absolute Gasteiger partial charge is 0.490 e. The van der Waals surface area contributed by atoms with Crippen molar-refractivity contribution >= 4 is 0 Å². The van der Waals surface area contributed by atoms with Crippen molar-refractivity contribution in [3.8, 4) is 5.75 Å².